The summed E-state index contributed by atoms with van der Waals surface area (Å²) in [7, 11) is -2.05. The first kappa shape index (κ1) is 16.0. The van der Waals surface area contributed by atoms with Gasteiger partial charge in [-0.2, -0.15) is 13.5 Å². The number of halogens is 2. The highest BCUT2D eigenvalue weighted by Crippen LogP contribution is 2.27. The molecule has 0 N–H and O–H groups in total. The summed E-state index contributed by atoms with van der Waals surface area (Å²) in [5.41, 5.74) is 1.19. The van der Waals surface area contributed by atoms with Gasteiger partial charge >= 0.3 is 0 Å². The Kier molecular flexibility index (Phi) is 4.14. The molecular formula is C15H11Cl2N3O2S. The molecule has 0 radical (unpaired) electrons. The van der Waals surface area contributed by atoms with Gasteiger partial charge in [-0.25, -0.2) is 5.01 Å². The molecule has 0 unspecified atom stereocenters. The maximum Gasteiger partial charge on any atom is 0.285 e. The number of hydrogen-bond acceptors (Lipinski definition) is 4. The fourth-order valence-corrected chi connectivity index (χ4v) is 3.82. The zero-order chi connectivity index (χ0) is 16.6. The van der Waals surface area contributed by atoms with Crippen molar-refractivity contribution in [3.63, 3.8) is 0 Å². The van der Waals surface area contributed by atoms with Crippen molar-refractivity contribution in [2.75, 3.05) is 7.05 Å². The van der Waals surface area contributed by atoms with Gasteiger partial charge in [0.2, 0.25) is 0 Å². The van der Waals surface area contributed by atoms with E-state index in [1.165, 1.54) is 17.3 Å². The van der Waals surface area contributed by atoms with Crippen molar-refractivity contribution >= 4 is 45.3 Å². The summed E-state index contributed by atoms with van der Waals surface area (Å²) in [5, 5.41) is 6.60. The van der Waals surface area contributed by atoms with Crippen LogP contribution in [0, 0.1) is 0 Å². The van der Waals surface area contributed by atoms with E-state index < -0.39 is 10.0 Å². The van der Waals surface area contributed by atoms with Crippen molar-refractivity contribution < 1.29 is 8.42 Å². The van der Waals surface area contributed by atoms with Crippen LogP contribution in [0.4, 0.5) is 0 Å². The van der Waals surface area contributed by atoms with E-state index in [9.17, 15) is 8.42 Å². The third kappa shape index (κ3) is 3.10. The first-order chi connectivity index (χ1) is 10.9. The Morgan fingerprint density at radius 2 is 1.91 bits per heavy atom. The molecule has 3 rings (SSSR count). The van der Waals surface area contributed by atoms with Crippen LogP contribution in [0.5, 0.6) is 0 Å². The van der Waals surface area contributed by atoms with Crippen LogP contribution < -0.4 is 0 Å². The van der Waals surface area contributed by atoms with E-state index in [0.29, 0.717) is 21.2 Å². The van der Waals surface area contributed by atoms with Crippen molar-refractivity contribution in [2.45, 2.75) is 4.90 Å². The van der Waals surface area contributed by atoms with Crippen LogP contribution in [0.3, 0.4) is 0 Å². The molecule has 0 atom stereocenters. The molecule has 23 heavy (non-hydrogen) atoms. The van der Waals surface area contributed by atoms with Gasteiger partial charge in [-0.1, -0.05) is 41.4 Å². The highest BCUT2D eigenvalue weighted by Gasteiger charge is 2.30. The van der Waals surface area contributed by atoms with Crippen LogP contribution in [0.25, 0.3) is 0 Å². The molecule has 2 aromatic carbocycles. The molecule has 0 aromatic heterocycles. The Balaban J connectivity index is 1.93. The van der Waals surface area contributed by atoms with Crippen molar-refractivity contribution in [1.29, 1.82) is 0 Å². The molecule has 1 heterocycles. The average Bonchev–Trinajstić information content (AvgIpc) is 2.78. The molecule has 0 saturated carbocycles. The van der Waals surface area contributed by atoms with E-state index >= 15 is 0 Å². The summed E-state index contributed by atoms with van der Waals surface area (Å²) < 4.78 is 27.8. The molecule has 118 valence electrons. The summed E-state index contributed by atoms with van der Waals surface area (Å²) in [6, 6.07) is 11.7. The Hall–Kier alpha value is -1.89. The van der Waals surface area contributed by atoms with Gasteiger partial charge in [0.1, 0.15) is 4.90 Å². The fraction of sp³-hybridized carbons (Fsp3) is 0.0667. The summed E-state index contributed by atoms with van der Waals surface area (Å²) in [5.74, 6) is 0.266. The molecule has 1 aliphatic rings. The average molecular weight is 368 g/mol. The van der Waals surface area contributed by atoms with Crippen molar-refractivity contribution in [3.8, 4) is 0 Å². The highest BCUT2D eigenvalue weighted by atomic mass is 35.5. The second kappa shape index (κ2) is 5.96. The molecule has 5 nitrogen and oxygen atoms in total. The van der Waals surface area contributed by atoms with E-state index in [2.05, 4.69) is 9.50 Å². The van der Waals surface area contributed by atoms with E-state index in [0.717, 1.165) is 0 Å². The number of sulfonamides is 1. The topological polar surface area (TPSA) is 62.1 Å². The number of rotatable bonds is 2. The van der Waals surface area contributed by atoms with E-state index in [1.807, 2.05) is 0 Å². The SMILES string of the molecule is CN(/N=C/c1ccc(Cl)cc1Cl)C1=NS(=O)(=O)c2ccccc21. The molecule has 0 saturated heterocycles. The lowest BCUT2D eigenvalue weighted by Crippen LogP contribution is -2.21. The Bertz CT molecular complexity index is 939. The quantitative estimate of drug-likeness (QED) is 0.603. The minimum Gasteiger partial charge on any atom is -0.250 e. The molecular weight excluding hydrogens is 357 g/mol. The maximum absolute atomic E-state index is 12.0. The molecule has 0 aliphatic carbocycles. The predicted molar refractivity (Wildman–Crippen MR) is 92.0 cm³/mol. The van der Waals surface area contributed by atoms with Gasteiger partial charge in [0, 0.05) is 23.2 Å². The number of hydrazone groups is 1. The van der Waals surface area contributed by atoms with E-state index in [-0.39, 0.29) is 10.7 Å². The zero-order valence-corrected chi connectivity index (χ0v) is 14.3. The largest absolute Gasteiger partial charge is 0.285 e. The summed E-state index contributed by atoms with van der Waals surface area (Å²) in [4.78, 5) is 0.182. The molecule has 0 amide bonds. The van der Waals surface area contributed by atoms with Crippen LogP contribution in [0.15, 0.2) is 56.9 Å². The molecule has 8 heteroatoms. The van der Waals surface area contributed by atoms with Gasteiger partial charge in [-0.15, -0.1) is 4.40 Å². The molecule has 0 fully saturated rings. The standard InChI is InChI=1S/C15H11Cl2N3O2S/c1-20(18-9-10-6-7-11(16)8-13(10)17)15-12-4-2-3-5-14(12)23(21,22)19-15/h2-9H,1H3/b18-9+. The monoisotopic (exact) mass is 367 g/mol. The van der Waals surface area contributed by atoms with Gasteiger partial charge < -0.3 is 0 Å². The van der Waals surface area contributed by atoms with Crippen LogP contribution in [0.2, 0.25) is 10.0 Å². The molecule has 2 aromatic rings. The Morgan fingerprint density at radius 3 is 2.65 bits per heavy atom. The number of amidine groups is 1. The normalized spacial score (nSPS) is 15.5. The van der Waals surface area contributed by atoms with Crippen LogP contribution in [-0.2, 0) is 10.0 Å². The molecule has 1 aliphatic heterocycles. The third-order valence-corrected chi connectivity index (χ3v) is 5.14. The Labute approximate surface area is 143 Å². The minimum atomic E-state index is -3.67. The lowest BCUT2D eigenvalue weighted by molar-refractivity contribution is 0.549. The van der Waals surface area contributed by atoms with Crippen LogP contribution in [0.1, 0.15) is 11.1 Å². The first-order valence-electron chi connectivity index (χ1n) is 6.55. The second-order valence-corrected chi connectivity index (χ2v) is 7.24. The first-order valence-corrected chi connectivity index (χ1v) is 8.75. The highest BCUT2D eigenvalue weighted by molar-refractivity contribution is 7.90. The van der Waals surface area contributed by atoms with Gasteiger partial charge in [0.15, 0.2) is 5.84 Å². The maximum atomic E-state index is 12.0. The van der Waals surface area contributed by atoms with Crippen LogP contribution in [-0.4, -0.2) is 32.5 Å². The molecule has 0 spiro atoms. The minimum absolute atomic E-state index is 0.182. The second-order valence-electron chi connectivity index (χ2n) is 4.82. The smallest absolute Gasteiger partial charge is 0.250 e. The van der Waals surface area contributed by atoms with Crippen molar-refractivity contribution in [3.05, 3.63) is 63.6 Å². The number of nitrogens with zero attached hydrogens (tertiary/aromatic N) is 3. The van der Waals surface area contributed by atoms with E-state index in [1.54, 1.807) is 43.4 Å². The number of hydrogen-bond donors (Lipinski definition) is 0. The summed E-state index contributed by atoms with van der Waals surface area (Å²) >= 11 is 11.9. The van der Waals surface area contributed by atoms with Crippen molar-refractivity contribution in [1.82, 2.24) is 5.01 Å². The van der Waals surface area contributed by atoms with Crippen LogP contribution >= 0.6 is 23.2 Å². The lowest BCUT2D eigenvalue weighted by Gasteiger charge is -2.12. The lowest BCUT2D eigenvalue weighted by atomic mass is 10.2. The van der Waals surface area contributed by atoms with Gasteiger partial charge in [0.25, 0.3) is 10.0 Å². The van der Waals surface area contributed by atoms with Gasteiger partial charge in [-0.3, -0.25) is 0 Å². The predicted octanol–water partition coefficient (Wildman–Crippen LogP) is 3.41. The fourth-order valence-electron chi connectivity index (χ4n) is 2.13. The number of benzene rings is 2. The summed E-state index contributed by atoms with van der Waals surface area (Å²) in [6.45, 7) is 0. The van der Waals surface area contributed by atoms with Gasteiger partial charge in [0.05, 0.1) is 11.2 Å². The summed E-state index contributed by atoms with van der Waals surface area (Å²) in [6.07, 6.45) is 1.52. The van der Waals surface area contributed by atoms with Gasteiger partial charge in [-0.05, 0) is 24.3 Å². The van der Waals surface area contributed by atoms with Crippen molar-refractivity contribution in [2.24, 2.45) is 9.50 Å². The zero-order valence-electron chi connectivity index (χ0n) is 11.9. The third-order valence-electron chi connectivity index (χ3n) is 3.25. The number of fused-ring (bicyclic) bond motifs is 1. The molecule has 0 bridgehead atoms. The van der Waals surface area contributed by atoms with E-state index in [4.69, 9.17) is 23.2 Å². The Morgan fingerprint density at radius 1 is 1.17 bits per heavy atom.